The van der Waals surface area contributed by atoms with Crippen LogP contribution in [0.3, 0.4) is 0 Å². The first kappa shape index (κ1) is 6.75. The molecule has 0 aliphatic carbocycles. The summed E-state index contributed by atoms with van der Waals surface area (Å²) in [5.74, 6) is 0. The fraction of sp³-hybridized carbons (Fsp3) is 0.429. The predicted molar refractivity (Wildman–Crippen MR) is 43.5 cm³/mol. The standard InChI is InChI=1S/C7H11NS/c1-2-8-5-3-4-7(9)6-8/h3-5,9H,2,6H2,1H3. The van der Waals surface area contributed by atoms with Crippen LogP contribution in [0.25, 0.3) is 0 Å². The van der Waals surface area contributed by atoms with E-state index in [1.54, 1.807) is 0 Å². The largest absolute Gasteiger partial charge is 0.373 e. The van der Waals surface area contributed by atoms with E-state index in [1.807, 2.05) is 12.2 Å². The molecule has 0 atom stereocenters. The minimum atomic E-state index is 0.968. The van der Waals surface area contributed by atoms with E-state index in [0.717, 1.165) is 18.0 Å². The highest BCUT2D eigenvalue weighted by Crippen LogP contribution is 2.08. The summed E-state index contributed by atoms with van der Waals surface area (Å²) in [7, 11) is 0. The molecule has 0 aromatic heterocycles. The Kier molecular flexibility index (Phi) is 2.22. The lowest BCUT2D eigenvalue weighted by Crippen LogP contribution is -2.19. The molecule has 0 N–H and O–H groups in total. The topological polar surface area (TPSA) is 3.24 Å². The Morgan fingerprint density at radius 1 is 1.78 bits per heavy atom. The number of hydrogen-bond donors (Lipinski definition) is 1. The zero-order chi connectivity index (χ0) is 6.69. The zero-order valence-electron chi connectivity index (χ0n) is 5.54. The molecule has 0 aromatic rings. The second kappa shape index (κ2) is 2.97. The van der Waals surface area contributed by atoms with Crippen LogP contribution >= 0.6 is 12.6 Å². The molecular formula is C7H11NS. The number of hydrogen-bond acceptors (Lipinski definition) is 2. The number of thiol groups is 1. The van der Waals surface area contributed by atoms with Crippen molar-refractivity contribution in [3.8, 4) is 0 Å². The average molecular weight is 141 g/mol. The van der Waals surface area contributed by atoms with Crippen molar-refractivity contribution in [2.75, 3.05) is 13.1 Å². The van der Waals surface area contributed by atoms with Crippen molar-refractivity contribution >= 4 is 12.6 Å². The van der Waals surface area contributed by atoms with Gasteiger partial charge in [0.25, 0.3) is 0 Å². The maximum atomic E-state index is 4.24. The third-order valence-electron chi connectivity index (χ3n) is 1.36. The molecule has 50 valence electrons. The number of nitrogens with zero attached hydrogens (tertiary/aromatic N) is 1. The minimum absolute atomic E-state index is 0.968. The van der Waals surface area contributed by atoms with Gasteiger partial charge in [-0.05, 0) is 25.3 Å². The molecule has 1 nitrogen and oxygen atoms in total. The quantitative estimate of drug-likeness (QED) is 0.543. The third-order valence-corrected chi connectivity index (χ3v) is 1.65. The summed E-state index contributed by atoms with van der Waals surface area (Å²) < 4.78 is 0. The van der Waals surface area contributed by atoms with Crippen molar-refractivity contribution < 1.29 is 0 Å². The first-order valence-electron chi connectivity index (χ1n) is 3.13. The molecule has 0 amide bonds. The van der Waals surface area contributed by atoms with Gasteiger partial charge >= 0.3 is 0 Å². The predicted octanol–water partition coefficient (Wildman–Crippen LogP) is 1.65. The normalized spacial score (nSPS) is 18.0. The van der Waals surface area contributed by atoms with Crippen LogP contribution in [0.1, 0.15) is 6.92 Å². The molecule has 0 saturated heterocycles. The number of likely N-dealkylation sites (N-methyl/N-ethyl adjacent to an activating group) is 1. The molecule has 1 heterocycles. The summed E-state index contributed by atoms with van der Waals surface area (Å²) >= 11 is 4.24. The average Bonchev–Trinajstić information content (AvgIpc) is 1.88. The SMILES string of the molecule is CCN1C=CC=C(S)C1. The molecule has 0 unspecified atom stereocenters. The van der Waals surface area contributed by atoms with Gasteiger partial charge in [0.1, 0.15) is 0 Å². The molecule has 0 bridgehead atoms. The summed E-state index contributed by atoms with van der Waals surface area (Å²) in [6.45, 7) is 4.17. The maximum absolute atomic E-state index is 4.24. The number of rotatable bonds is 1. The van der Waals surface area contributed by atoms with Crippen LogP contribution < -0.4 is 0 Å². The lowest BCUT2D eigenvalue weighted by molar-refractivity contribution is 0.433. The molecule has 1 aliphatic rings. The lowest BCUT2D eigenvalue weighted by atomic mass is 10.3. The Morgan fingerprint density at radius 2 is 2.56 bits per heavy atom. The van der Waals surface area contributed by atoms with E-state index in [1.165, 1.54) is 0 Å². The van der Waals surface area contributed by atoms with Crippen LogP contribution in [0.15, 0.2) is 23.3 Å². The van der Waals surface area contributed by atoms with Crippen LogP contribution in [0.4, 0.5) is 0 Å². The molecule has 9 heavy (non-hydrogen) atoms. The molecule has 0 fully saturated rings. The van der Waals surface area contributed by atoms with E-state index in [2.05, 4.69) is 30.7 Å². The minimum Gasteiger partial charge on any atom is -0.373 e. The van der Waals surface area contributed by atoms with Gasteiger partial charge in [-0.2, -0.15) is 0 Å². The molecule has 1 aliphatic heterocycles. The van der Waals surface area contributed by atoms with E-state index >= 15 is 0 Å². The maximum Gasteiger partial charge on any atom is 0.0480 e. The summed E-state index contributed by atoms with van der Waals surface area (Å²) in [6, 6.07) is 0. The van der Waals surface area contributed by atoms with Crippen molar-refractivity contribution in [3.05, 3.63) is 23.3 Å². The lowest BCUT2D eigenvalue weighted by Gasteiger charge is -2.20. The van der Waals surface area contributed by atoms with Gasteiger partial charge in [-0.25, -0.2) is 0 Å². The van der Waals surface area contributed by atoms with Gasteiger partial charge in [0.05, 0.1) is 0 Å². The zero-order valence-corrected chi connectivity index (χ0v) is 6.44. The first-order chi connectivity index (χ1) is 4.33. The Hall–Kier alpha value is -0.370. The molecule has 2 heteroatoms. The highest BCUT2D eigenvalue weighted by molar-refractivity contribution is 7.84. The number of allylic oxidation sites excluding steroid dienone is 2. The van der Waals surface area contributed by atoms with E-state index < -0.39 is 0 Å². The van der Waals surface area contributed by atoms with Crippen LogP contribution in [-0.4, -0.2) is 18.0 Å². The molecule has 0 spiro atoms. The fourth-order valence-corrected chi connectivity index (χ4v) is 1.07. The molecule has 0 aromatic carbocycles. The van der Waals surface area contributed by atoms with Gasteiger partial charge in [0.2, 0.25) is 0 Å². The van der Waals surface area contributed by atoms with Crippen LogP contribution in [0, 0.1) is 0 Å². The van der Waals surface area contributed by atoms with E-state index in [9.17, 15) is 0 Å². The second-order valence-corrected chi connectivity index (χ2v) is 2.64. The van der Waals surface area contributed by atoms with Crippen LogP contribution in [-0.2, 0) is 0 Å². The van der Waals surface area contributed by atoms with Gasteiger partial charge in [-0.1, -0.05) is 0 Å². The summed E-state index contributed by atoms with van der Waals surface area (Å²) in [5.41, 5.74) is 0. The summed E-state index contributed by atoms with van der Waals surface area (Å²) in [6.07, 6.45) is 6.13. The monoisotopic (exact) mass is 141 g/mol. The van der Waals surface area contributed by atoms with Gasteiger partial charge < -0.3 is 4.90 Å². The Bertz CT molecular complexity index is 149. The Balaban J connectivity index is 2.51. The van der Waals surface area contributed by atoms with Gasteiger partial charge in [-0.15, -0.1) is 12.6 Å². The second-order valence-electron chi connectivity index (χ2n) is 2.06. The van der Waals surface area contributed by atoms with Gasteiger partial charge in [-0.3, -0.25) is 0 Å². The summed E-state index contributed by atoms with van der Waals surface area (Å²) in [4.78, 5) is 3.35. The summed E-state index contributed by atoms with van der Waals surface area (Å²) in [5, 5.41) is 0. The molecular weight excluding hydrogens is 130 g/mol. The molecule has 0 saturated carbocycles. The van der Waals surface area contributed by atoms with E-state index in [4.69, 9.17) is 0 Å². The van der Waals surface area contributed by atoms with E-state index in [0.29, 0.717) is 0 Å². The van der Waals surface area contributed by atoms with Crippen molar-refractivity contribution in [2.24, 2.45) is 0 Å². The fourth-order valence-electron chi connectivity index (χ4n) is 0.807. The van der Waals surface area contributed by atoms with Crippen molar-refractivity contribution in [2.45, 2.75) is 6.92 Å². The highest BCUT2D eigenvalue weighted by Gasteiger charge is 1.99. The Morgan fingerprint density at radius 3 is 3.00 bits per heavy atom. The van der Waals surface area contributed by atoms with Crippen LogP contribution in [0.5, 0.6) is 0 Å². The molecule has 0 radical (unpaired) electrons. The molecule has 1 rings (SSSR count). The Labute approximate surface area is 61.5 Å². The van der Waals surface area contributed by atoms with Crippen molar-refractivity contribution in [1.29, 1.82) is 0 Å². The van der Waals surface area contributed by atoms with Gasteiger partial charge in [0, 0.05) is 18.0 Å². The van der Waals surface area contributed by atoms with Gasteiger partial charge in [0.15, 0.2) is 0 Å². The third kappa shape index (κ3) is 1.79. The van der Waals surface area contributed by atoms with E-state index in [-0.39, 0.29) is 0 Å². The van der Waals surface area contributed by atoms with Crippen LogP contribution in [0.2, 0.25) is 0 Å². The van der Waals surface area contributed by atoms with Crippen molar-refractivity contribution in [1.82, 2.24) is 4.90 Å². The first-order valence-corrected chi connectivity index (χ1v) is 3.58. The smallest absolute Gasteiger partial charge is 0.0480 e. The van der Waals surface area contributed by atoms with Crippen molar-refractivity contribution in [3.63, 3.8) is 0 Å². The highest BCUT2D eigenvalue weighted by atomic mass is 32.1.